The van der Waals surface area contributed by atoms with Gasteiger partial charge in [-0.25, -0.2) is 14.2 Å². The van der Waals surface area contributed by atoms with Crippen molar-refractivity contribution in [3.05, 3.63) is 65.7 Å². The Balaban J connectivity index is 1.15. The molecule has 0 saturated carbocycles. The molecule has 3 aliphatic heterocycles. The van der Waals surface area contributed by atoms with Crippen molar-refractivity contribution in [2.45, 2.75) is 122 Å². The summed E-state index contributed by atoms with van der Waals surface area (Å²) >= 11 is 0. The lowest BCUT2D eigenvalue weighted by Gasteiger charge is -2.46. The normalized spacial score (nSPS) is 23.7. The minimum absolute atomic E-state index is 0.0823. The van der Waals surface area contributed by atoms with Crippen LogP contribution in [-0.4, -0.2) is 74.7 Å². The number of fused-ring (bicyclic) bond motifs is 3. The van der Waals surface area contributed by atoms with Crippen molar-refractivity contribution >= 4 is 23.0 Å². The topological polar surface area (TPSA) is 79.7 Å². The summed E-state index contributed by atoms with van der Waals surface area (Å²) in [5.74, 6) is 0.704. The monoisotopic (exact) mass is 645 g/mol. The minimum Gasteiger partial charge on any atom is -0.444 e. The van der Waals surface area contributed by atoms with Gasteiger partial charge in [-0.2, -0.15) is 0 Å². The lowest BCUT2D eigenvalue weighted by atomic mass is 9.70. The van der Waals surface area contributed by atoms with E-state index in [1.165, 1.54) is 24.4 Å². The SMILES string of the molecule is Cc1nc2ccccc2n1C1CC2CCC(C1)N2CCC1(c2cccc(F)c2)CCN(C(=O)[C@@H](NC(=O)OC(C)(C)C)C(C)C)CC1. The molecule has 3 aliphatic rings. The summed E-state index contributed by atoms with van der Waals surface area (Å²) < 4.78 is 22.6. The molecule has 47 heavy (non-hydrogen) atoms. The van der Waals surface area contributed by atoms with E-state index in [0.29, 0.717) is 31.2 Å². The number of likely N-dealkylation sites (tertiary alicyclic amines) is 1. The van der Waals surface area contributed by atoms with Crippen LogP contribution >= 0.6 is 0 Å². The fraction of sp³-hybridized carbons (Fsp3) is 0.605. The van der Waals surface area contributed by atoms with Crippen LogP contribution in [0.2, 0.25) is 0 Å². The Kier molecular flexibility index (Phi) is 9.40. The molecule has 3 atom stereocenters. The Hall–Kier alpha value is -3.46. The van der Waals surface area contributed by atoms with Crippen molar-refractivity contribution in [3.8, 4) is 0 Å². The summed E-state index contributed by atoms with van der Waals surface area (Å²) in [6.07, 6.45) is 6.52. The summed E-state index contributed by atoms with van der Waals surface area (Å²) in [5.41, 5.74) is 2.46. The van der Waals surface area contributed by atoms with Crippen LogP contribution in [0, 0.1) is 18.7 Å². The molecule has 0 spiro atoms. The maximum absolute atomic E-state index is 14.6. The highest BCUT2D eigenvalue weighted by atomic mass is 19.1. The van der Waals surface area contributed by atoms with Gasteiger partial charge in [0.25, 0.3) is 0 Å². The molecule has 6 rings (SSSR count). The molecule has 0 radical (unpaired) electrons. The first-order valence-electron chi connectivity index (χ1n) is 17.6. The molecular formula is C38H52FN5O3. The fourth-order valence-corrected chi connectivity index (χ4v) is 8.59. The zero-order chi connectivity index (χ0) is 33.5. The molecule has 3 fully saturated rings. The first-order chi connectivity index (χ1) is 22.3. The van der Waals surface area contributed by atoms with Gasteiger partial charge in [-0.1, -0.05) is 38.1 Å². The van der Waals surface area contributed by atoms with Crippen LogP contribution in [0.25, 0.3) is 11.0 Å². The third-order valence-corrected chi connectivity index (χ3v) is 10.9. The molecule has 0 aliphatic carbocycles. The van der Waals surface area contributed by atoms with Gasteiger partial charge in [-0.3, -0.25) is 9.69 Å². The van der Waals surface area contributed by atoms with Crippen LogP contribution in [0.1, 0.15) is 97.0 Å². The van der Waals surface area contributed by atoms with Crippen molar-refractivity contribution in [3.63, 3.8) is 0 Å². The van der Waals surface area contributed by atoms with Crippen molar-refractivity contribution in [2.24, 2.45) is 5.92 Å². The van der Waals surface area contributed by atoms with Crippen molar-refractivity contribution < 1.29 is 18.7 Å². The second kappa shape index (κ2) is 13.2. The van der Waals surface area contributed by atoms with E-state index < -0.39 is 17.7 Å². The van der Waals surface area contributed by atoms with E-state index in [4.69, 9.17) is 9.72 Å². The highest BCUT2D eigenvalue weighted by Gasteiger charge is 2.45. The van der Waals surface area contributed by atoms with E-state index in [1.807, 2.05) is 45.6 Å². The van der Waals surface area contributed by atoms with Crippen LogP contribution in [0.4, 0.5) is 9.18 Å². The number of carbonyl (C=O) groups excluding carboxylic acids is 2. The Labute approximate surface area is 279 Å². The smallest absolute Gasteiger partial charge is 0.408 e. The molecule has 3 saturated heterocycles. The summed E-state index contributed by atoms with van der Waals surface area (Å²) in [4.78, 5) is 35.8. The zero-order valence-electron chi connectivity index (χ0n) is 29.0. The van der Waals surface area contributed by atoms with Crippen LogP contribution in [0.3, 0.4) is 0 Å². The first kappa shape index (κ1) is 33.4. The van der Waals surface area contributed by atoms with Gasteiger partial charge in [0, 0.05) is 31.2 Å². The second-order valence-electron chi connectivity index (χ2n) is 15.5. The van der Waals surface area contributed by atoms with Crippen LogP contribution in [0.5, 0.6) is 0 Å². The summed E-state index contributed by atoms with van der Waals surface area (Å²) in [7, 11) is 0. The van der Waals surface area contributed by atoms with Crippen LogP contribution in [-0.2, 0) is 14.9 Å². The van der Waals surface area contributed by atoms with Crippen molar-refractivity contribution in [1.82, 2.24) is 24.7 Å². The number of nitrogens with zero attached hydrogens (tertiary/aromatic N) is 4. The molecular weight excluding hydrogens is 593 g/mol. The number of carbonyl (C=O) groups is 2. The Morgan fingerprint density at radius 2 is 1.70 bits per heavy atom. The molecule has 3 aromatic rings. The Bertz CT molecular complexity index is 1570. The number of benzene rings is 2. The molecule has 9 heteroatoms. The van der Waals surface area contributed by atoms with E-state index in [0.717, 1.165) is 55.6 Å². The molecule has 8 nitrogen and oxygen atoms in total. The zero-order valence-corrected chi connectivity index (χ0v) is 29.0. The average Bonchev–Trinajstić information content (AvgIpc) is 3.48. The van der Waals surface area contributed by atoms with Gasteiger partial charge >= 0.3 is 6.09 Å². The van der Waals surface area contributed by atoms with Gasteiger partial charge in [0.15, 0.2) is 0 Å². The van der Waals surface area contributed by atoms with E-state index in [9.17, 15) is 14.0 Å². The molecule has 2 aromatic carbocycles. The highest BCUT2D eigenvalue weighted by Crippen LogP contribution is 2.45. The van der Waals surface area contributed by atoms with Crippen LogP contribution in [0.15, 0.2) is 48.5 Å². The van der Waals surface area contributed by atoms with E-state index >= 15 is 0 Å². The molecule has 2 unspecified atom stereocenters. The van der Waals surface area contributed by atoms with Gasteiger partial charge in [0.05, 0.1) is 11.0 Å². The number of hydrogen-bond donors (Lipinski definition) is 1. The fourth-order valence-electron chi connectivity index (χ4n) is 8.59. The Morgan fingerprint density at radius 3 is 2.34 bits per heavy atom. The number of imidazole rings is 1. The molecule has 2 bridgehead atoms. The van der Waals surface area contributed by atoms with Crippen molar-refractivity contribution in [2.75, 3.05) is 19.6 Å². The number of rotatable bonds is 8. The number of nitrogens with one attached hydrogen (secondary N) is 1. The van der Waals surface area contributed by atoms with Gasteiger partial charge in [0.1, 0.15) is 23.3 Å². The number of piperidine rings is 2. The third kappa shape index (κ3) is 7.06. The predicted molar refractivity (Wildman–Crippen MR) is 183 cm³/mol. The molecule has 1 N–H and O–H groups in total. The Morgan fingerprint density at radius 1 is 1.02 bits per heavy atom. The summed E-state index contributed by atoms with van der Waals surface area (Å²) in [6, 6.07) is 16.4. The van der Waals surface area contributed by atoms with Crippen LogP contribution < -0.4 is 5.32 Å². The first-order valence-corrected chi connectivity index (χ1v) is 17.6. The van der Waals surface area contributed by atoms with Gasteiger partial charge in [-0.05, 0) is 120 Å². The molecule has 4 heterocycles. The molecule has 254 valence electrons. The number of para-hydroxylation sites is 2. The van der Waals surface area contributed by atoms with Gasteiger partial charge in [0.2, 0.25) is 5.91 Å². The standard InChI is InChI=1S/C38H52FN5O3/c1-25(2)34(41-36(46)47-37(4,5)6)35(45)42-19-16-38(17-20-42,27-10-9-11-28(39)22-27)18-21-43-29-14-15-30(43)24-31(23-29)44-26(3)40-32-12-7-8-13-33(32)44/h7-13,22,25,29-31,34H,14-21,23-24H2,1-6H3,(H,41,46)/t29?,30?,31?,34-/m0/s1. The van der Waals surface area contributed by atoms with E-state index in [-0.39, 0.29) is 23.1 Å². The minimum atomic E-state index is -0.667. The number of aromatic nitrogens is 2. The maximum Gasteiger partial charge on any atom is 0.408 e. The van der Waals surface area contributed by atoms with E-state index in [2.05, 4.69) is 52.0 Å². The number of amides is 2. The van der Waals surface area contributed by atoms with Gasteiger partial charge < -0.3 is 19.5 Å². The summed E-state index contributed by atoms with van der Waals surface area (Å²) in [6.45, 7) is 13.5. The van der Waals surface area contributed by atoms with Crippen molar-refractivity contribution in [1.29, 1.82) is 0 Å². The number of halogens is 1. The average molecular weight is 646 g/mol. The number of ether oxygens (including phenoxy) is 1. The molecule has 1 aromatic heterocycles. The molecule has 2 amide bonds. The number of alkyl carbamates (subject to hydrolysis) is 1. The summed E-state index contributed by atoms with van der Waals surface area (Å²) in [5, 5.41) is 2.83. The van der Waals surface area contributed by atoms with E-state index in [1.54, 1.807) is 6.07 Å². The largest absolute Gasteiger partial charge is 0.444 e. The van der Waals surface area contributed by atoms with Gasteiger partial charge in [-0.15, -0.1) is 0 Å². The number of aryl methyl sites for hydroxylation is 1. The maximum atomic E-state index is 14.6. The predicted octanol–water partition coefficient (Wildman–Crippen LogP) is 7.15. The number of hydrogen-bond acceptors (Lipinski definition) is 5. The highest BCUT2D eigenvalue weighted by molar-refractivity contribution is 5.86. The third-order valence-electron chi connectivity index (χ3n) is 10.9. The lowest BCUT2D eigenvalue weighted by molar-refractivity contribution is -0.136. The lowest BCUT2D eigenvalue weighted by Crippen LogP contribution is -2.55. The quantitative estimate of drug-likeness (QED) is 0.282. The second-order valence-corrected chi connectivity index (χ2v) is 15.5.